The van der Waals surface area contributed by atoms with E-state index >= 15 is 0 Å². The van der Waals surface area contributed by atoms with E-state index in [1.165, 1.54) is 0 Å². The van der Waals surface area contributed by atoms with E-state index in [2.05, 4.69) is 25.8 Å². The average molecular weight is 555 g/mol. The molecule has 1 aliphatic heterocycles. The standard InChI is InChI=1S/C21H42N6O3.HI/c1-7-12-27(20(29)30-21(3,4)5)15-11-24-19(23-8-2)25-17-9-13-26(14-10-17)16-18(28)22-6;/h17H,7-16H2,1-6H3,(H,22,28)(H2,23,24,25);1H. The molecular formula is C21H43IN6O3. The van der Waals surface area contributed by atoms with Crippen LogP contribution in [0.5, 0.6) is 0 Å². The van der Waals surface area contributed by atoms with E-state index in [0.717, 1.165) is 44.9 Å². The Morgan fingerprint density at radius 3 is 2.32 bits per heavy atom. The lowest BCUT2D eigenvalue weighted by atomic mass is 10.1. The Labute approximate surface area is 205 Å². The predicted molar refractivity (Wildman–Crippen MR) is 136 cm³/mol. The number of carbonyl (C=O) groups excluding carboxylic acids is 2. The predicted octanol–water partition coefficient (Wildman–Crippen LogP) is 2.02. The molecule has 0 aromatic rings. The number of rotatable bonds is 9. The van der Waals surface area contributed by atoms with Crippen molar-refractivity contribution >= 4 is 41.9 Å². The van der Waals surface area contributed by atoms with Crippen molar-refractivity contribution in [2.45, 2.75) is 65.5 Å². The van der Waals surface area contributed by atoms with Crippen LogP contribution in [0.4, 0.5) is 4.79 Å². The van der Waals surface area contributed by atoms with Crippen LogP contribution in [0.2, 0.25) is 0 Å². The molecule has 0 aliphatic carbocycles. The van der Waals surface area contributed by atoms with Crippen molar-refractivity contribution in [3.8, 4) is 0 Å². The first-order chi connectivity index (χ1) is 14.2. The minimum atomic E-state index is -0.504. The number of nitrogens with one attached hydrogen (secondary N) is 3. The van der Waals surface area contributed by atoms with Gasteiger partial charge in [0.15, 0.2) is 5.96 Å². The van der Waals surface area contributed by atoms with Gasteiger partial charge in [-0.3, -0.25) is 14.7 Å². The summed E-state index contributed by atoms with van der Waals surface area (Å²) in [5, 5.41) is 9.45. The van der Waals surface area contributed by atoms with Crippen LogP contribution in [-0.4, -0.2) is 92.3 Å². The summed E-state index contributed by atoms with van der Waals surface area (Å²) in [4.78, 5) is 32.5. The van der Waals surface area contributed by atoms with E-state index in [9.17, 15) is 9.59 Å². The second-order valence-electron chi connectivity index (χ2n) is 8.60. The molecule has 1 rings (SSSR count). The Balaban J connectivity index is 0.00000900. The molecule has 1 heterocycles. The third-order valence-corrected chi connectivity index (χ3v) is 4.70. The van der Waals surface area contributed by atoms with Gasteiger partial charge in [-0.1, -0.05) is 6.92 Å². The molecule has 0 atom stereocenters. The van der Waals surface area contributed by atoms with Gasteiger partial charge in [0.2, 0.25) is 5.91 Å². The monoisotopic (exact) mass is 554 g/mol. The van der Waals surface area contributed by atoms with Crippen LogP contribution in [-0.2, 0) is 9.53 Å². The maximum atomic E-state index is 12.4. The third-order valence-electron chi connectivity index (χ3n) is 4.70. The van der Waals surface area contributed by atoms with Gasteiger partial charge in [0.1, 0.15) is 5.60 Å². The van der Waals surface area contributed by atoms with Crippen molar-refractivity contribution in [3.63, 3.8) is 0 Å². The molecule has 0 radical (unpaired) electrons. The van der Waals surface area contributed by atoms with E-state index < -0.39 is 5.60 Å². The lowest BCUT2D eigenvalue weighted by Gasteiger charge is -2.32. The van der Waals surface area contributed by atoms with Gasteiger partial charge in [-0.15, -0.1) is 24.0 Å². The first kappa shape index (κ1) is 29.7. The van der Waals surface area contributed by atoms with Crippen molar-refractivity contribution in [3.05, 3.63) is 0 Å². The molecule has 9 nitrogen and oxygen atoms in total. The number of hydrogen-bond acceptors (Lipinski definition) is 5. The maximum Gasteiger partial charge on any atom is 0.410 e. The number of likely N-dealkylation sites (tertiary alicyclic amines) is 1. The zero-order valence-electron chi connectivity index (χ0n) is 20.1. The van der Waals surface area contributed by atoms with Crippen molar-refractivity contribution in [1.29, 1.82) is 0 Å². The number of amides is 2. The van der Waals surface area contributed by atoms with Gasteiger partial charge in [0, 0.05) is 45.8 Å². The number of guanidine groups is 1. The van der Waals surface area contributed by atoms with E-state index in [-0.39, 0.29) is 36.0 Å². The van der Waals surface area contributed by atoms with E-state index in [1.807, 2.05) is 34.6 Å². The summed E-state index contributed by atoms with van der Waals surface area (Å²) in [5.41, 5.74) is -0.504. The Hall–Kier alpha value is -1.30. The summed E-state index contributed by atoms with van der Waals surface area (Å²) in [7, 11) is 1.67. The number of ether oxygens (including phenoxy) is 1. The lowest BCUT2D eigenvalue weighted by molar-refractivity contribution is -0.122. The van der Waals surface area contributed by atoms with Gasteiger partial charge in [0.05, 0.1) is 13.1 Å². The number of aliphatic imine (C=N–C) groups is 1. The minimum Gasteiger partial charge on any atom is -0.444 e. The normalized spacial score (nSPS) is 15.6. The maximum absolute atomic E-state index is 12.4. The quantitative estimate of drug-likeness (QED) is 0.229. The fourth-order valence-electron chi connectivity index (χ4n) is 3.20. The summed E-state index contributed by atoms with van der Waals surface area (Å²) in [6.07, 6.45) is 2.50. The van der Waals surface area contributed by atoms with Crippen LogP contribution in [0.3, 0.4) is 0 Å². The third kappa shape index (κ3) is 13.0. The number of likely N-dealkylation sites (N-methyl/N-ethyl adjacent to an activating group) is 1. The highest BCUT2D eigenvalue weighted by Crippen LogP contribution is 2.11. The molecule has 0 saturated carbocycles. The number of nitrogens with zero attached hydrogens (tertiary/aromatic N) is 3. The highest BCUT2D eigenvalue weighted by Gasteiger charge is 2.22. The molecule has 2 amide bonds. The van der Waals surface area contributed by atoms with Gasteiger partial charge in [-0.2, -0.15) is 0 Å². The van der Waals surface area contributed by atoms with Gasteiger partial charge in [-0.05, 0) is 47.0 Å². The number of piperidine rings is 1. The molecule has 0 bridgehead atoms. The van der Waals surface area contributed by atoms with Gasteiger partial charge in [0.25, 0.3) is 0 Å². The van der Waals surface area contributed by atoms with Crippen LogP contribution in [0.25, 0.3) is 0 Å². The Morgan fingerprint density at radius 2 is 1.81 bits per heavy atom. The van der Waals surface area contributed by atoms with Crippen LogP contribution >= 0.6 is 24.0 Å². The van der Waals surface area contributed by atoms with Crippen molar-refractivity contribution in [1.82, 2.24) is 25.8 Å². The first-order valence-corrected chi connectivity index (χ1v) is 11.1. The molecule has 0 spiro atoms. The first-order valence-electron chi connectivity index (χ1n) is 11.1. The molecular weight excluding hydrogens is 511 g/mol. The van der Waals surface area contributed by atoms with Crippen molar-refractivity contribution in [2.24, 2.45) is 4.99 Å². The largest absolute Gasteiger partial charge is 0.444 e. The topological polar surface area (TPSA) is 98.3 Å². The van der Waals surface area contributed by atoms with E-state index in [1.54, 1.807) is 11.9 Å². The van der Waals surface area contributed by atoms with Crippen LogP contribution in [0.15, 0.2) is 4.99 Å². The van der Waals surface area contributed by atoms with Gasteiger partial charge in [-0.25, -0.2) is 4.79 Å². The van der Waals surface area contributed by atoms with Crippen molar-refractivity contribution in [2.75, 3.05) is 52.9 Å². The summed E-state index contributed by atoms with van der Waals surface area (Å²) in [6, 6.07) is 0.321. The fourth-order valence-corrected chi connectivity index (χ4v) is 3.20. The molecule has 31 heavy (non-hydrogen) atoms. The number of hydrogen-bond donors (Lipinski definition) is 3. The Kier molecular flexibility index (Phi) is 14.8. The minimum absolute atomic E-state index is 0. The molecule has 3 N–H and O–H groups in total. The fraction of sp³-hybridized carbons (Fsp3) is 0.857. The molecule has 1 fully saturated rings. The molecule has 10 heteroatoms. The van der Waals surface area contributed by atoms with E-state index in [4.69, 9.17) is 4.74 Å². The second-order valence-corrected chi connectivity index (χ2v) is 8.60. The number of halogens is 1. The molecule has 182 valence electrons. The van der Waals surface area contributed by atoms with Gasteiger partial charge < -0.3 is 25.6 Å². The summed E-state index contributed by atoms with van der Waals surface area (Å²) in [6.45, 7) is 14.4. The summed E-state index contributed by atoms with van der Waals surface area (Å²) < 4.78 is 5.50. The number of carbonyl (C=O) groups is 2. The molecule has 1 aliphatic rings. The van der Waals surface area contributed by atoms with Crippen LogP contribution in [0, 0.1) is 0 Å². The molecule has 0 aromatic carbocycles. The zero-order valence-corrected chi connectivity index (χ0v) is 22.5. The Morgan fingerprint density at radius 1 is 1.16 bits per heavy atom. The van der Waals surface area contributed by atoms with Crippen LogP contribution < -0.4 is 16.0 Å². The highest BCUT2D eigenvalue weighted by atomic mass is 127. The van der Waals surface area contributed by atoms with Crippen LogP contribution in [0.1, 0.15) is 53.9 Å². The summed E-state index contributed by atoms with van der Waals surface area (Å²) in [5.74, 6) is 0.820. The smallest absolute Gasteiger partial charge is 0.410 e. The van der Waals surface area contributed by atoms with Gasteiger partial charge >= 0.3 is 6.09 Å². The highest BCUT2D eigenvalue weighted by molar-refractivity contribution is 14.0. The SMILES string of the molecule is CCCN(CCN=C(NCC)NC1CCN(CC(=O)NC)CC1)C(=O)OC(C)(C)C.I. The molecule has 0 aromatic heterocycles. The van der Waals surface area contributed by atoms with E-state index in [0.29, 0.717) is 32.2 Å². The Bertz CT molecular complexity index is 560. The molecule has 0 unspecified atom stereocenters. The second kappa shape index (κ2) is 15.5. The van der Waals surface area contributed by atoms with Crippen molar-refractivity contribution < 1.29 is 14.3 Å². The zero-order chi connectivity index (χ0) is 22.6. The molecule has 1 saturated heterocycles. The lowest BCUT2D eigenvalue weighted by Crippen LogP contribution is -2.50. The average Bonchev–Trinajstić information content (AvgIpc) is 2.67. The summed E-state index contributed by atoms with van der Waals surface area (Å²) >= 11 is 0.